The highest BCUT2D eigenvalue weighted by Gasteiger charge is 2.40. The van der Waals surface area contributed by atoms with Crippen molar-refractivity contribution in [2.75, 3.05) is 40.4 Å². The number of nitrogens with one attached hydrogen (secondary N) is 2. The number of likely N-dealkylation sites (tertiary alicyclic amines) is 1. The average molecular weight is 490 g/mol. The first kappa shape index (κ1) is 27.4. The molecule has 0 amide bonds. The van der Waals surface area contributed by atoms with E-state index >= 15 is 0 Å². The van der Waals surface area contributed by atoms with E-state index < -0.39 is 5.60 Å². The minimum atomic E-state index is -0.838. The lowest BCUT2D eigenvalue weighted by Gasteiger charge is -2.44. The second-order valence-corrected chi connectivity index (χ2v) is 10.9. The first-order chi connectivity index (χ1) is 16.6. The van der Waals surface area contributed by atoms with Crippen LogP contribution in [0.2, 0.25) is 0 Å². The van der Waals surface area contributed by atoms with Crippen LogP contribution in [0.25, 0.3) is 0 Å². The van der Waals surface area contributed by atoms with E-state index in [0.717, 1.165) is 74.9 Å². The molecule has 0 aromatic heterocycles. The Hall–Kier alpha value is -1.21. The lowest BCUT2D eigenvalue weighted by Crippen LogP contribution is -2.53. The molecule has 1 heterocycles. The largest absolute Gasteiger partial charge is 0.385 e. The quantitative estimate of drug-likeness (QED) is 0.289. The highest BCUT2D eigenvalue weighted by molar-refractivity contribution is 7.80. The fourth-order valence-corrected chi connectivity index (χ4v) is 6.37. The second kappa shape index (κ2) is 14.4. The van der Waals surface area contributed by atoms with Crippen LogP contribution in [0.5, 0.6) is 0 Å². The summed E-state index contributed by atoms with van der Waals surface area (Å²) in [5.41, 5.74) is 0.193. The summed E-state index contributed by atoms with van der Waals surface area (Å²) in [7, 11) is 3.77. The lowest BCUT2D eigenvalue weighted by atomic mass is 9.74. The number of aliphatic hydroxyl groups is 1. The molecule has 2 fully saturated rings. The van der Waals surface area contributed by atoms with Crippen molar-refractivity contribution in [3.63, 3.8) is 0 Å². The Morgan fingerprint density at radius 1 is 1.15 bits per heavy atom. The van der Waals surface area contributed by atoms with Gasteiger partial charge < -0.3 is 25.4 Å². The molecule has 0 bridgehead atoms. The van der Waals surface area contributed by atoms with Gasteiger partial charge >= 0.3 is 0 Å². The Morgan fingerprint density at radius 2 is 1.91 bits per heavy atom. The Morgan fingerprint density at radius 3 is 2.62 bits per heavy atom. The molecular formula is C28H47N3O2S. The molecule has 1 unspecified atom stereocenters. The Labute approximate surface area is 213 Å². The number of nitrogens with zero attached hydrogens (tertiary/aromatic N) is 1. The molecule has 2 aliphatic rings. The van der Waals surface area contributed by atoms with Crippen molar-refractivity contribution in [1.82, 2.24) is 15.5 Å². The predicted octanol–water partition coefficient (Wildman–Crippen LogP) is 4.84. The number of unbranched alkanes of at least 4 members (excludes halogenated alkanes) is 1. The van der Waals surface area contributed by atoms with Gasteiger partial charge in [0.25, 0.3) is 0 Å². The van der Waals surface area contributed by atoms with Crippen molar-refractivity contribution in [2.45, 2.75) is 82.3 Å². The Balaban J connectivity index is 1.64. The SMILES string of the molecule is CNCC(CC1CCCCC1)NC(=S)N1CCC[C@@H]([C@@](O)(CCCCOC)c2ccccc2)C1. The van der Waals surface area contributed by atoms with E-state index in [1.54, 1.807) is 7.11 Å². The zero-order valence-electron chi connectivity index (χ0n) is 21.4. The van der Waals surface area contributed by atoms with Gasteiger partial charge in [0, 0.05) is 45.3 Å². The maximum Gasteiger partial charge on any atom is 0.169 e. The van der Waals surface area contributed by atoms with Gasteiger partial charge in [-0.2, -0.15) is 0 Å². The van der Waals surface area contributed by atoms with Gasteiger partial charge in [-0.05, 0) is 69.3 Å². The standard InChI is InChI=1S/C28H47N3O2S/c1-29-21-26(20-23-12-5-3-6-13-23)30-27(34)31-18-11-16-25(22-31)28(32,17-9-10-19-33-2)24-14-7-4-8-15-24/h4,7-8,14-15,23,25-26,29,32H,3,5-6,9-13,16-22H2,1-2H3,(H,30,34)/t25-,26?,28-/m1/s1. The number of ether oxygens (including phenoxy) is 1. The van der Waals surface area contributed by atoms with Crippen LogP contribution < -0.4 is 10.6 Å². The molecule has 6 heteroatoms. The number of rotatable bonds is 12. The normalized spacial score (nSPS) is 22.2. The molecule has 0 spiro atoms. The first-order valence-electron chi connectivity index (χ1n) is 13.5. The van der Waals surface area contributed by atoms with Gasteiger partial charge in [0.15, 0.2) is 5.11 Å². The fourth-order valence-electron chi connectivity index (χ4n) is 6.03. The molecule has 1 aromatic carbocycles. The number of benzene rings is 1. The summed E-state index contributed by atoms with van der Waals surface area (Å²) >= 11 is 5.94. The molecule has 3 rings (SSSR count). The van der Waals surface area contributed by atoms with E-state index in [1.807, 2.05) is 25.2 Å². The molecule has 1 saturated carbocycles. The first-order valence-corrected chi connectivity index (χ1v) is 13.9. The molecular weight excluding hydrogens is 442 g/mol. The van der Waals surface area contributed by atoms with E-state index in [9.17, 15) is 5.11 Å². The summed E-state index contributed by atoms with van der Waals surface area (Å²) in [5.74, 6) is 0.971. The third kappa shape index (κ3) is 7.91. The third-order valence-corrected chi connectivity index (χ3v) is 8.31. The van der Waals surface area contributed by atoms with Gasteiger partial charge in [-0.3, -0.25) is 0 Å². The van der Waals surface area contributed by atoms with Crippen LogP contribution >= 0.6 is 12.2 Å². The van der Waals surface area contributed by atoms with Gasteiger partial charge in [0.2, 0.25) is 0 Å². The van der Waals surface area contributed by atoms with Crippen LogP contribution in [-0.2, 0) is 10.3 Å². The van der Waals surface area contributed by atoms with Crippen molar-refractivity contribution < 1.29 is 9.84 Å². The topological polar surface area (TPSA) is 56.8 Å². The average Bonchev–Trinajstić information content (AvgIpc) is 2.88. The van der Waals surface area contributed by atoms with E-state index in [0.29, 0.717) is 6.04 Å². The van der Waals surface area contributed by atoms with Crippen molar-refractivity contribution >= 4 is 17.3 Å². The molecule has 0 radical (unpaired) electrons. The van der Waals surface area contributed by atoms with Crippen LogP contribution in [0.15, 0.2) is 30.3 Å². The number of piperidine rings is 1. The Bertz CT molecular complexity index is 713. The maximum atomic E-state index is 12.0. The molecule has 1 aromatic rings. The monoisotopic (exact) mass is 489 g/mol. The van der Waals surface area contributed by atoms with Crippen LogP contribution in [0, 0.1) is 11.8 Å². The fraction of sp³-hybridized carbons (Fsp3) is 0.750. The number of likely N-dealkylation sites (N-methyl/N-ethyl adjacent to an activating group) is 1. The Kier molecular flexibility index (Phi) is 11.6. The summed E-state index contributed by atoms with van der Waals surface area (Å²) in [4.78, 5) is 2.32. The van der Waals surface area contributed by atoms with E-state index in [1.165, 1.54) is 38.5 Å². The van der Waals surface area contributed by atoms with E-state index in [4.69, 9.17) is 17.0 Å². The summed E-state index contributed by atoms with van der Waals surface area (Å²) < 4.78 is 5.25. The number of thiocarbonyl (C=S) groups is 1. The zero-order chi connectivity index (χ0) is 24.2. The van der Waals surface area contributed by atoms with E-state index in [-0.39, 0.29) is 5.92 Å². The smallest absolute Gasteiger partial charge is 0.169 e. The molecule has 192 valence electrons. The number of hydrogen-bond donors (Lipinski definition) is 3. The molecule has 3 N–H and O–H groups in total. The molecule has 5 nitrogen and oxygen atoms in total. The molecule has 34 heavy (non-hydrogen) atoms. The van der Waals surface area contributed by atoms with Crippen molar-refractivity contribution in [3.8, 4) is 0 Å². The zero-order valence-corrected chi connectivity index (χ0v) is 22.3. The van der Waals surface area contributed by atoms with Gasteiger partial charge in [0.05, 0.1) is 5.60 Å². The van der Waals surface area contributed by atoms with Crippen LogP contribution in [0.4, 0.5) is 0 Å². The molecule has 1 saturated heterocycles. The van der Waals surface area contributed by atoms with Crippen molar-refractivity contribution in [2.24, 2.45) is 11.8 Å². The second-order valence-electron chi connectivity index (χ2n) is 10.5. The van der Waals surface area contributed by atoms with Gasteiger partial charge in [-0.1, -0.05) is 62.4 Å². The number of methoxy groups -OCH3 is 1. The molecule has 1 aliphatic heterocycles. The molecule has 1 aliphatic carbocycles. The maximum absolute atomic E-state index is 12.0. The van der Waals surface area contributed by atoms with Crippen molar-refractivity contribution in [3.05, 3.63) is 35.9 Å². The number of hydrogen-bond acceptors (Lipinski definition) is 4. The summed E-state index contributed by atoms with van der Waals surface area (Å²) in [6.07, 6.45) is 12.8. The van der Waals surface area contributed by atoms with Crippen LogP contribution in [0.1, 0.15) is 76.2 Å². The summed E-state index contributed by atoms with van der Waals surface area (Å²) in [6, 6.07) is 10.6. The minimum absolute atomic E-state index is 0.159. The van der Waals surface area contributed by atoms with Gasteiger partial charge in [-0.25, -0.2) is 0 Å². The van der Waals surface area contributed by atoms with Gasteiger partial charge in [0.1, 0.15) is 0 Å². The predicted molar refractivity (Wildman–Crippen MR) is 145 cm³/mol. The summed E-state index contributed by atoms with van der Waals surface area (Å²) in [6.45, 7) is 3.44. The minimum Gasteiger partial charge on any atom is -0.385 e. The van der Waals surface area contributed by atoms with Crippen LogP contribution in [-0.4, -0.2) is 61.6 Å². The van der Waals surface area contributed by atoms with Crippen LogP contribution in [0.3, 0.4) is 0 Å². The highest BCUT2D eigenvalue weighted by Crippen LogP contribution is 2.39. The van der Waals surface area contributed by atoms with Crippen molar-refractivity contribution in [1.29, 1.82) is 0 Å². The third-order valence-electron chi connectivity index (χ3n) is 7.93. The molecule has 3 atom stereocenters. The highest BCUT2D eigenvalue weighted by atomic mass is 32.1. The van der Waals surface area contributed by atoms with E-state index in [2.05, 4.69) is 27.7 Å². The lowest BCUT2D eigenvalue weighted by molar-refractivity contribution is -0.0540. The van der Waals surface area contributed by atoms with Gasteiger partial charge in [-0.15, -0.1) is 0 Å². The summed E-state index contributed by atoms with van der Waals surface area (Å²) in [5, 5.41) is 20.0.